The Morgan fingerprint density at radius 2 is 2.09 bits per heavy atom. The van der Waals surface area contributed by atoms with Gasteiger partial charge in [0.25, 0.3) is 0 Å². The largest absolute Gasteiger partial charge is 0.395 e. The van der Waals surface area contributed by atoms with Crippen molar-refractivity contribution in [2.75, 3.05) is 19.7 Å². The summed E-state index contributed by atoms with van der Waals surface area (Å²) in [4.78, 5) is 41.1. The number of fused-ring (bicyclic) bond motifs is 2. The number of hydrogen-bond acceptors (Lipinski definition) is 7. The van der Waals surface area contributed by atoms with Crippen LogP contribution in [0.2, 0.25) is 0 Å². The normalized spacial score (nSPS) is 30.1. The molecular formula is C22H28N6O5. The third kappa shape index (κ3) is 3.29. The maximum absolute atomic E-state index is 13.5. The fourth-order valence-corrected chi connectivity index (χ4v) is 5.75. The van der Waals surface area contributed by atoms with Crippen LogP contribution in [0.25, 0.3) is 11.0 Å². The highest BCUT2D eigenvalue weighted by Gasteiger charge is 2.74. The second-order valence-corrected chi connectivity index (χ2v) is 8.88. The van der Waals surface area contributed by atoms with E-state index in [9.17, 15) is 19.5 Å². The monoisotopic (exact) mass is 456 g/mol. The van der Waals surface area contributed by atoms with Crippen molar-refractivity contribution in [1.82, 2.24) is 30.5 Å². The number of nitrogens with zero attached hydrogens (tertiary/aromatic N) is 4. The first kappa shape index (κ1) is 21.8. The summed E-state index contributed by atoms with van der Waals surface area (Å²) in [5.74, 6) is -2.28. The van der Waals surface area contributed by atoms with Gasteiger partial charge < -0.3 is 25.4 Å². The number of para-hydroxylation sites is 1. The number of rotatable bonds is 8. The molecule has 0 radical (unpaired) electrons. The number of amides is 3. The molecular weight excluding hydrogens is 428 g/mol. The first-order valence-corrected chi connectivity index (χ1v) is 11.4. The third-order valence-corrected chi connectivity index (χ3v) is 7.06. The number of carbonyl (C=O) groups is 3. The fourth-order valence-electron chi connectivity index (χ4n) is 5.75. The molecule has 3 aliphatic rings. The number of ether oxygens (including phenoxy) is 1. The lowest BCUT2D eigenvalue weighted by atomic mass is 9.70. The highest BCUT2D eigenvalue weighted by atomic mass is 16.5. The minimum atomic E-state index is -1.07. The van der Waals surface area contributed by atoms with Crippen molar-refractivity contribution < 1.29 is 24.2 Å². The number of carbonyl (C=O) groups excluding carboxylic acids is 3. The minimum absolute atomic E-state index is 0.00124. The van der Waals surface area contributed by atoms with E-state index in [0.29, 0.717) is 24.9 Å². The van der Waals surface area contributed by atoms with Gasteiger partial charge in [-0.15, -0.1) is 5.10 Å². The molecule has 4 heterocycles. The molecule has 176 valence electrons. The van der Waals surface area contributed by atoms with Gasteiger partial charge in [0.2, 0.25) is 17.7 Å². The predicted molar refractivity (Wildman–Crippen MR) is 115 cm³/mol. The molecule has 1 aromatic carbocycles. The third-order valence-electron chi connectivity index (χ3n) is 7.06. The van der Waals surface area contributed by atoms with E-state index >= 15 is 0 Å². The Morgan fingerprint density at radius 1 is 1.27 bits per heavy atom. The second kappa shape index (κ2) is 8.38. The standard InChI is InChI=1S/C22H28N6O5/c1-2-9-23-19(30)16-15-7-8-22(33-15)17(16)21(32)27(10-11-29)18(22)20(31)24-12-28-14-6-4-3-5-13(14)25-26-28/h3-6,15-18,29H,2,7-12H2,1H3,(H,23,30)(H,24,31)/t15-,16+,17+,18?,22?/m1/s1. The van der Waals surface area contributed by atoms with Gasteiger partial charge in [0.1, 0.15) is 23.8 Å². The number of benzene rings is 1. The van der Waals surface area contributed by atoms with Crippen molar-refractivity contribution in [2.45, 2.75) is 50.6 Å². The van der Waals surface area contributed by atoms with Gasteiger partial charge in [-0.05, 0) is 31.4 Å². The lowest BCUT2D eigenvalue weighted by molar-refractivity contribution is -0.142. The van der Waals surface area contributed by atoms with Gasteiger partial charge >= 0.3 is 0 Å². The average Bonchev–Trinajstić information content (AvgIpc) is 3.56. The predicted octanol–water partition coefficient (Wildman–Crippen LogP) is -0.602. The summed E-state index contributed by atoms with van der Waals surface area (Å²) < 4.78 is 7.86. The fraction of sp³-hybridized carbons (Fsp3) is 0.591. The highest BCUT2D eigenvalue weighted by Crippen LogP contribution is 2.58. The SMILES string of the molecule is CCCNC(=O)[C@@H]1[C@H]2C(=O)N(CCO)C(C(=O)NCn3nnc4ccccc43)C23CC[C@H]1O3. The number of likely N-dealkylation sites (tertiary alicyclic amines) is 1. The zero-order valence-corrected chi connectivity index (χ0v) is 18.4. The summed E-state index contributed by atoms with van der Waals surface area (Å²) in [6, 6.07) is 6.48. The Hall–Kier alpha value is -3.05. The second-order valence-electron chi connectivity index (χ2n) is 8.88. The molecule has 3 N–H and O–H groups in total. The van der Waals surface area contributed by atoms with E-state index in [1.165, 1.54) is 4.90 Å². The smallest absolute Gasteiger partial charge is 0.247 e. The molecule has 1 spiro atoms. The van der Waals surface area contributed by atoms with Crippen LogP contribution in [-0.4, -0.2) is 80.2 Å². The Labute approximate surface area is 190 Å². The molecule has 5 atom stereocenters. The van der Waals surface area contributed by atoms with E-state index in [-0.39, 0.29) is 37.7 Å². The van der Waals surface area contributed by atoms with E-state index in [2.05, 4.69) is 20.9 Å². The zero-order chi connectivity index (χ0) is 23.2. The van der Waals surface area contributed by atoms with Gasteiger partial charge in [0.05, 0.1) is 30.1 Å². The quantitative estimate of drug-likeness (QED) is 0.482. The molecule has 3 saturated heterocycles. The first-order chi connectivity index (χ1) is 16.0. The van der Waals surface area contributed by atoms with Gasteiger partial charge in [-0.1, -0.05) is 24.3 Å². The van der Waals surface area contributed by atoms with E-state index in [0.717, 1.165) is 11.9 Å². The molecule has 1 aromatic heterocycles. The molecule has 0 saturated carbocycles. The van der Waals surface area contributed by atoms with E-state index < -0.39 is 29.4 Å². The number of nitrogens with one attached hydrogen (secondary N) is 2. The molecule has 3 amide bonds. The molecule has 2 aromatic rings. The summed E-state index contributed by atoms with van der Waals surface area (Å²) >= 11 is 0. The van der Waals surface area contributed by atoms with E-state index in [4.69, 9.17) is 4.74 Å². The van der Waals surface area contributed by atoms with Crippen LogP contribution >= 0.6 is 0 Å². The van der Waals surface area contributed by atoms with Crippen LogP contribution in [-0.2, 0) is 25.8 Å². The maximum Gasteiger partial charge on any atom is 0.247 e. The van der Waals surface area contributed by atoms with Crippen molar-refractivity contribution in [1.29, 1.82) is 0 Å². The van der Waals surface area contributed by atoms with Crippen molar-refractivity contribution in [2.24, 2.45) is 11.8 Å². The summed E-state index contributed by atoms with van der Waals surface area (Å²) in [6.45, 7) is 2.26. The molecule has 3 fully saturated rings. The molecule has 0 aliphatic carbocycles. The van der Waals surface area contributed by atoms with Crippen molar-refractivity contribution in [3.05, 3.63) is 24.3 Å². The van der Waals surface area contributed by atoms with Gasteiger partial charge in [-0.3, -0.25) is 14.4 Å². The highest BCUT2D eigenvalue weighted by molar-refractivity contribution is 5.98. The summed E-state index contributed by atoms with van der Waals surface area (Å²) in [6.07, 6.45) is 1.52. The van der Waals surface area contributed by atoms with Crippen molar-refractivity contribution in [3.63, 3.8) is 0 Å². The van der Waals surface area contributed by atoms with Crippen LogP contribution in [0.4, 0.5) is 0 Å². The van der Waals surface area contributed by atoms with E-state index in [1.807, 2.05) is 31.2 Å². The molecule has 11 heteroatoms. The van der Waals surface area contributed by atoms with Crippen molar-refractivity contribution >= 4 is 28.8 Å². The molecule has 5 rings (SSSR count). The van der Waals surface area contributed by atoms with Crippen molar-refractivity contribution in [3.8, 4) is 0 Å². The number of β-amino-alcohol motifs (C(OH)–C–C–N with tert-alkyl or cyclic N) is 1. The number of hydrogen-bond donors (Lipinski definition) is 3. The molecule has 2 unspecified atom stereocenters. The van der Waals surface area contributed by atoms with Gasteiger partial charge in [-0.25, -0.2) is 4.68 Å². The van der Waals surface area contributed by atoms with Crippen LogP contribution < -0.4 is 10.6 Å². The van der Waals surface area contributed by atoms with Gasteiger partial charge in [-0.2, -0.15) is 0 Å². The molecule has 3 aliphatic heterocycles. The number of aliphatic hydroxyl groups is 1. The first-order valence-electron chi connectivity index (χ1n) is 11.4. The summed E-state index contributed by atoms with van der Waals surface area (Å²) in [7, 11) is 0. The average molecular weight is 457 g/mol. The van der Waals surface area contributed by atoms with Crippen LogP contribution in [0, 0.1) is 11.8 Å². The Morgan fingerprint density at radius 3 is 2.88 bits per heavy atom. The van der Waals surface area contributed by atoms with Gasteiger partial charge in [0.15, 0.2) is 0 Å². The molecule has 33 heavy (non-hydrogen) atoms. The summed E-state index contributed by atoms with van der Waals surface area (Å²) in [5.41, 5.74) is 0.413. The molecule has 2 bridgehead atoms. The number of aliphatic hydroxyl groups excluding tert-OH is 1. The molecule has 11 nitrogen and oxygen atoms in total. The Kier molecular flexibility index (Phi) is 5.53. The van der Waals surface area contributed by atoms with Crippen LogP contribution in [0.3, 0.4) is 0 Å². The summed E-state index contributed by atoms with van der Waals surface area (Å²) in [5, 5.41) is 23.5. The Bertz CT molecular complexity index is 1090. The van der Waals surface area contributed by atoms with Gasteiger partial charge in [0, 0.05) is 13.1 Å². The topological polar surface area (TPSA) is 139 Å². The van der Waals surface area contributed by atoms with Crippen LogP contribution in [0.15, 0.2) is 24.3 Å². The number of aromatic nitrogens is 3. The lowest BCUT2D eigenvalue weighted by Gasteiger charge is -2.33. The minimum Gasteiger partial charge on any atom is -0.395 e. The van der Waals surface area contributed by atoms with Crippen LogP contribution in [0.5, 0.6) is 0 Å². The van der Waals surface area contributed by atoms with E-state index in [1.54, 1.807) is 4.68 Å². The Balaban J connectivity index is 1.40. The maximum atomic E-state index is 13.5. The lowest BCUT2D eigenvalue weighted by Crippen LogP contribution is -2.55. The zero-order valence-electron chi connectivity index (χ0n) is 18.4. The van der Waals surface area contributed by atoms with Crippen LogP contribution in [0.1, 0.15) is 26.2 Å².